The number of amides is 1. The van der Waals surface area contributed by atoms with Gasteiger partial charge < -0.3 is 9.32 Å². The molecule has 2 heterocycles. The van der Waals surface area contributed by atoms with E-state index in [0.29, 0.717) is 15.7 Å². The highest BCUT2D eigenvalue weighted by Gasteiger charge is 2.33. The minimum absolute atomic E-state index is 0.0803. The van der Waals surface area contributed by atoms with Crippen LogP contribution in [0.15, 0.2) is 39.9 Å². The first-order valence-electron chi connectivity index (χ1n) is 7.26. The van der Waals surface area contributed by atoms with Crippen LogP contribution in [0.5, 0.6) is 0 Å². The van der Waals surface area contributed by atoms with E-state index in [-0.39, 0.29) is 5.76 Å². The monoisotopic (exact) mass is 384 g/mol. The molecule has 2 rings (SSSR count). The summed E-state index contributed by atoms with van der Waals surface area (Å²) in [4.78, 5) is 34.7. The van der Waals surface area contributed by atoms with E-state index in [4.69, 9.17) is 9.68 Å². The van der Waals surface area contributed by atoms with Crippen LogP contribution < -0.4 is 5.56 Å². The van der Waals surface area contributed by atoms with Gasteiger partial charge in [-0.05, 0) is 12.1 Å². The molecule has 0 radical (unpaired) electrons. The smallest absolute Gasteiger partial charge is 0.406 e. The second kappa shape index (κ2) is 7.73. The van der Waals surface area contributed by atoms with Crippen LogP contribution >= 0.6 is 0 Å². The van der Waals surface area contributed by atoms with E-state index in [1.165, 1.54) is 24.5 Å². The average molecular weight is 384 g/mol. The molecule has 27 heavy (non-hydrogen) atoms. The maximum absolute atomic E-state index is 12.8. The van der Waals surface area contributed by atoms with Crippen LogP contribution in [0.1, 0.15) is 11.3 Å². The summed E-state index contributed by atoms with van der Waals surface area (Å²) in [5, 5.41) is 19.7. The Kier molecular flexibility index (Phi) is 5.64. The van der Waals surface area contributed by atoms with Crippen molar-refractivity contribution in [2.45, 2.75) is 19.3 Å². The van der Waals surface area contributed by atoms with Crippen LogP contribution in [-0.4, -0.2) is 33.0 Å². The summed E-state index contributed by atoms with van der Waals surface area (Å²) >= 11 is 0. The maximum atomic E-state index is 12.8. The molecule has 2 aromatic heterocycles. The second-order valence-corrected chi connectivity index (χ2v) is 5.36. The lowest BCUT2D eigenvalue weighted by atomic mass is 10.2. The number of alkyl halides is 3. The van der Waals surface area contributed by atoms with Crippen LogP contribution in [0.4, 0.5) is 18.9 Å². The molecule has 2 aromatic rings. The van der Waals surface area contributed by atoms with Crippen molar-refractivity contribution in [2.75, 3.05) is 6.54 Å². The standard InChI is InChI=1S/C15H11F3N4O5/c16-15(17,18)9-21(7-12-2-1-3-27-12)13(23)8-20-6-11(22(25)26)4-10(5-19)14(20)24/h1-4,6H,7-9H2. The minimum atomic E-state index is -4.71. The number of hydrogen-bond donors (Lipinski definition) is 0. The lowest BCUT2D eigenvalue weighted by molar-refractivity contribution is -0.385. The van der Waals surface area contributed by atoms with Gasteiger partial charge in [-0.15, -0.1) is 0 Å². The highest BCUT2D eigenvalue weighted by molar-refractivity contribution is 5.76. The third kappa shape index (κ3) is 5.18. The van der Waals surface area contributed by atoms with Crippen LogP contribution in [-0.2, 0) is 17.9 Å². The van der Waals surface area contributed by atoms with Gasteiger partial charge in [0.25, 0.3) is 11.2 Å². The van der Waals surface area contributed by atoms with Gasteiger partial charge in [0.1, 0.15) is 30.5 Å². The molecule has 0 unspecified atom stereocenters. The molecule has 0 N–H and O–H groups in total. The van der Waals surface area contributed by atoms with Gasteiger partial charge in [0.2, 0.25) is 5.91 Å². The van der Waals surface area contributed by atoms with Crippen molar-refractivity contribution < 1.29 is 27.3 Å². The Morgan fingerprint density at radius 3 is 2.67 bits per heavy atom. The van der Waals surface area contributed by atoms with Gasteiger partial charge in [-0.3, -0.25) is 24.3 Å². The van der Waals surface area contributed by atoms with Gasteiger partial charge in [-0.25, -0.2) is 0 Å². The van der Waals surface area contributed by atoms with Gasteiger partial charge in [-0.2, -0.15) is 18.4 Å². The molecule has 0 aliphatic rings. The topological polar surface area (TPSA) is 122 Å². The van der Waals surface area contributed by atoms with Crippen LogP contribution in [0.3, 0.4) is 0 Å². The quantitative estimate of drug-likeness (QED) is 0.553. The lowest BCUT2D eigenvalue weighted by Crippen LogP contribution is -2.41. The molecule has 9 nitrogen and oxygen atoms in total. The Hall–Kier alpha value is -3.62. The van der Waals surface area contributed by atoms with E-state index in [1.54, 1.807) is 0 Å². The number of halogens is 3. The fourth-order valence-corrected chi connectivity index (χ4v) is 2.20. The molecule has 0 atom stereocenters. The molecule has 1 amide bonds. The van der Waals surface area contributed by atoms with Gasteiger partial charge >= 0.3 is 6.18 Å². The summed E-state index contributed by atoms with van der Waals surface area (Å²) < 4.78 is 43.8. The Morgan fingerprint density at radius 2 is 2.15 bits per heavy atom. The predicted molar refractivity (Wildman–Crippen MR) is 82.3 cm³/mol. The summed E-state index contributed by atoms with van der Waals surface area (Å²) in [6.07, 6.45) is -2.80. The van der Waals surface area contributed by atoms with Gasteiger partial charge in [-0.1, -0.05) is 0 Å². The first-order chi connectivity index (χ1) is 12.6. The first-order valence-corrected chi connectivity index (χ1v) is 7.26. The van der Waals surface area contributed by atoms with Gasteiger partial charge in [0, 0.05) is 6.07 Å². The molecule has 0 aliphatic heterocycles. The molecule has 0 fully saturated rings. The molecule has 0 spiro atoms. The number of aromatic nitrogens is 1. The number of carbonyl (C=O) groups excluding carboxylic acids is 1. The zero-order chi connectivity index (χ0) is 20.2. The number of nitrogens with zero attached hydrogens (tertiary/aromatic N) is 4. The molecular formula is C15H11F3N4O5. The zero-order valence-corrected chi connectivity index (χ0v) is 13.5. The van der Waals surface area contributed by atoms with Crippen molar-refractivity contribution in [1.29, 1.82) is 5.26 Å². The summed E-state index contributed by atoms with van der Waals surface area (Å²) in [6.45, 7) is -3.03. The summed E-state index contributed by atoms with van der Waals surface area (Å²) in [5.74, 6) is -1.05. The average Bonchev–Trinajstić information content (AvgIpc) is 3.07. The summed E-state index contributed by atoms with van der Waals surface area (Å²) in [6, 6.07) is 4.96. The molecule has 0 aromatic carbocycles. The van der Waals surface area contributed by atoms with Gasteiger partial charge in [0.05, 0.1) is 23.9 Å². The SMILES string of the molecule is N#Cc1cc([N+](=O)[O-])cn(CC(=O)N(Cc2ccco2)CC(F)(F)F)c1=O. The second-order valence-electron chi connectivity index (χ2n) is 5.36. The first kappa shape index (κ1) is 19.7. The number of nitriles is 1. The Labute approximate surface area is 149 Å². The molecule has 0 saturated carbocycles. The van der Waals surface area contributed by atoms with Gasteiger partial charge in [0.15, 0.2) is 0 Å². The van der Waals surface area contributed by atoms with Crippen molar-refractivity contribution in [2.24, 2.45) is 0 Å². The van der Waals surface area contributed by atoms with E-state index in [9.17, 15) is 32.9 Å². The van der Waals surface area contributed by atoms with Crippen molar-refractivity contribution in [3.8, 4) is 6.07 Å². The maximum Gasteiger partial charge on any atom is 0.406 e. The van der Waals surface area contributed by atoms with Crippen molar-refractivity contribution in [3.63, 3.8) is 0 Å². The summed E-state index contributed by atoms with van der Waals surface area (Å²) in [5.41, 5.74) is -2.28. The van der Waals surface area contributed by atoms with Crippen LogP contribution in [0.25, 0.3) is 0 Å². The third-order valence-electron chi connectivity index (χ3n) is 3.36. The highest BCUT2D eigenvalue weighted by Crippen LogP contribution is 2.19. The number of nitro groups is 1. The molecular weight excluding hydrogens is 373 g/mol. The fraction of sp³-hybridized carbons (Fsp3) is 0.267. The molecule has 0 saturated heterocycles. The molecule has 0 bridgehead atoms. The third-order valence-corrected chi connectivity index (χ3v) is 3.36. The fourth-order valence-electron chi connectivity index (χ4n) is 2.20. The number of pyridine rings is 1. The number of carbonyl (C=O) groups is 1. The number of furan rings is 1. The summed E-state index contributed by atoms with van der Waals surface area (Å²) in [7, 11) is 0. The minimum Gasteiger partial charge on any atom is -0.467 e. The molecule has 142 valence electrons. The van der Waals surface area contributed by atoms with Crippen molar-refractivity contribution in [1.82, 2.24) is 9.47 Å². The van der Waals surface area contributed by atoms with Crippen LogP contribution in [0.2, 0.25) is 0 Å². The lowest BCUT2D eigenvalue weighted by Gasteiger charge is -2.23. The van der Waals surface area contributed by atoms with Crippen molar-refractivity contribution in [3.05, 3.63) is 62.5 Å². The number of rotatable bonds is 6. The molecule has 12 heteroatoms. The normalized spacial score (nSPS) is 11.0. The van der Waals surface area contributed by atoms with Crippen molar-refractivity contribution >= 4 is 11.6 Å². The Balaban J connectivity index is 2.33. The largest absolute Gasteiger partial charge is 0.467 e. The Morgan fingerprint density at radius 1 is 1.44 bits per heavy atom. The molecule has 0 aliphatic carbocycles. The zero-order valence-electron chi connectivity index (χ0n) is 13.5. The Bertz CT molecular complexity index is 944. The number of hydrogen-bond acceptors (Lipinski definition) is 6. The van der Waals surface area contributed by atoms with E-state index in [2.05, 4.69) is 0 Å². The van der Waals surface area contributed by atoms with E-state index >= 15 is 0 Å². The van der Waals surface area contributed by atoms with E-state index in [0.717, 1.165) is 6.07 Å². The predicted octanol–water partition coefficient (Wildman–Crippen LogP) is 1.81. The highest BCUT2D eigenvalue weighted by atomic mass is 19.4. The van der Waals surface area contributed by atoms with E-state index < -0.39 is 53.5 Å². The van der Waals surface area contributed by atoms with E-state index in [1.807, 2.05) is 0 Å². The van der Waals surface area contributed by atoms with Crippen LogP contribution in [0, 0.1) is 21.4 Å².